The monoisotopic (exact) mass is 330 g/mol. The highest BCUT2D eigenvalue weighted by Crippen LogP contribution is 2.25. The summed E-state index contributed by atoms with van der Waals surface area (Å²) in [6.07, 6.45) is 2.87. The quantitative estimate of drug-likeness (QED) is 0.924. The second-order valence-electron chi connectivity index (χ2n) is 5.48. The van der Waals surface area contributed by atoms with Crippen LogP contribution in [0.1, 0.15) is 20.7 Å². The van der Waals surface area contributed by atoms with Crippen LogP contribution in [0.3, 0.4) is 0 Å². The van der Waals surface area contributed by atoms with E-state index in [4.69, 9.17) is 9.15 Å². The van der Waals surface area contributed by atoms with Crippen LogP contribution in [0.25, 0.3) is 0 Å². The molecule has 0 atom stereocenters. The average molecular weight is 330 g/mol. The zero-order chi connectivity index (χ0) is 17.1. The van der Waals surface area contributed by atoms with Gasteiger partial charge in [0, 0.05) is 32.2 Å². The van der Waals surface area contributed by atoms with Crippen molar-refractivity contribution in [2.75, 3.05) is 33.3 Å². The second-order valence-corrected chi connectivity index (χ2v) is 5.48. The van der Waals surface area contributed by atoms with Crippen LogP contribution in [0.2, 0.25) is 0 Å². The molecule has 0 bridgehead atoms. The first kappa shape index (κ1) is 15.9. The van der Waals surface area contributed by atoms with Gasteiger partial charge in [0.15, 0.2) is 0 Å². The van der Waals surface area contributed by atoms with Gasteiger partial charge < -0.3 is 24.1 Å². The van der Waals surface area contributed by atoms with Gasteiger partial charge >= 0.3 is 0 Å². The van der Waals surface area contributed by atoms with Gasteiger partial charge in [-0.1, -0.05) is 0 Å². The molecule has 1 N–H and O–H groups in total. The number of rotatable bonds is 3. The van der Waals surface area contributed by atoms with Gasteiger partial charge in [-0.25, -0.2) is 0 Å². The molecule has 0 spiro atoms. The molecule has 1 saturated heterocycles. The molecule has 3 rings (SSSR count). The maximum absolute atomic E-state index is 12.5. The molecule has 0 saturated carbocycles. The average Bonchev–Trinajstić information content (AvgIpc) is 3.15. The number of nitrogens with zero attached hydrogens (tertiary/aromatic N) is 2. The lowest BCUT2D eigenvalue weighted by Gasteiger charge is -2.34. The predicted molar refractivity (Wildman–Crippen MR) is 85.2 cm³/mol. The number of phenolic OH excluding ortho intramolecular Hbond substituents is 1. The van der Waals surface area contributed by atoms with Crippen molar-refractivity contribution in [1.82, 2.24) is 9.80 Å². The Kier molecular flexibility index (Phi) is 4.41. The van der Waals surface area contributed by atoms with Crippen LogP contribution < -0.4 is 4.74 Å². The number of amides is 2. The van der Waals surface area contributed by atoms with Crippen LogP contribution in [0, 0.1) is 0 Å². The zero-order valence-electron chi connectivity index (χ0n) is 13.3. The SMILES string of the molecule is COc1ccc(C(=O)N2CCN(C(=O)c3ccoc3)CC2)c(O)c1. The molecule has 1 aromatic carbocycles. The first-order valence-electron chi connectivity index (χ1n) is 7.58. The van der Waals surface area contributed by atoms with Crippen molar-refractivity contribution in [2.45, 2.75) is 0 Å². The molecular formula is C17H18N2O5. The number of carbonyl (C=O) groups is 2. The topological polar surface area (TPSA) is 83.2 Å². The summed E-state index contributed by atoms with van der Waals surface area (Å²) in [4.78, 5) is 28.1. The van der Waals surface area contributed by atoms with Crippen LogP contribution in [-0.2, 0) is 0 Å². The number of methoxy groups -OCH3 is 1. The van der Waals surface area contributed by atoms with E-state index < -0.39 is 0 Å². The summed E-state index contributed by atoms with van der Waals surface area (Å²) in [5, 5.41) is 9.99. The van der Waals surface area contributed by atoms with Gasteiger partial charge in [0.05, 0.1) is 24.5 Å². The van der Waals surface area contributed by atoms with Gasteiger partial charge in [0.2, 0.25) is 0 Å². The molecule has 126 valence electrons. The number of benzene rings is 1. The molecule has 2 aromatic rings. The van der Waals surface area contributed by atoms with Crippen molar-refractivity contribution in [3.8, 4) is 11.5 Å². The van der Waals surface area contributed by atoms with Crippen LogP contribution in [-0.4, -0.2) is 60.0 Å². The van der Waals surface area contributed by atoms with Gasteiger partial charge in [0.1, 0.15) is 17.8 Å². The van der Waals surface area contributed by atoms with E-state index in [1.165, 1.54) is 25.7 Å². The number of hydrogen-bond acceptors (Lipinski definition) is 5. The van der Waals surface area contributed by atoms with Gasteiger partial charge in [-0.05, 0) is 18.2 Å². The Morgan fingerprint density at radius 2 is 1.75 bits per heavy atom. The van der Waals surface area contributed by atoms with Crippen LogP contribution in [0.15, 0.2) is 41.2 Å². The molecule has 1 fully saturated rings. The summed E-state index contributed by atoms with van der Waals surface area (Å²) in [5.41, 5.74) is 0.730. The highest BCUT2D eigenvalue weighted by molar-refractivity contribution is 5.97. The van der Waals surface area contributed by atoms with Gasteiger partial charge in [-0.15, -0.1) is 0 Å². The molecular weight excluding hydrogens is 312 g/mol. The third-order valence-electron chi connectivity index (χ3n) is 4.06. The van der Waals surface area contributed by atoms with Crippen molar-refractivity contribution >= 4 is 11.8 Å². The molecule has 1 aliphatic heterocycles. The fraction of sp³-hybridized carbons (Fsp3) is 0.294. The molecule has 7 heteroatoms. The van der Waals surface area contributed by atoms with E-state index in [-0.39, 0.29) is 23.1 Å². The van der Waals surface area contributed by atoms with Crippen LogP contribution >= 0.6 is 0 Å². The highest BCUT2D eigenvalue weighted by atomic mass is 16.5. The molecule has 2 amide bonds. The Hall–Kier alpha value is -2.96. The Bertz CT molecular complexity index is 733. The number of piperazine rings is 1. The lowest BCUT2D eigenvalue weighted by Crippen LogP contribution is -2.50. The first-order chi connectivity index (χ1) is 11.6. The third-order valence-corrected chi connectivity index (χ3v) is 4.06. The summed E-state index contributed by atoms with van der Waals surface area (Å²) >= 11 is 0. The van der Waals surface area contributed by atoms with E-state index in [1.54, 1.807) is 28.0 Å². The molecule has 1 aliphatic rings. The standard InChI is InChI=1S/C17H18N2O5/c1-23-13-2-3-14(15(20)10-13)17(22)19-7-5-18(6-8-19)16(21)12-4-9-24-11-12/h2-4,9-11,20H,5-8H2,1H3. The van der Waals surface area contributed by atoms with Crippen LogP contribution in [0.5, 0.6) is 11.5 Å². The Labute approximate surface area is 139 Å². The van der Waals surface area contributed by atoms with E-state index in [0.29, 0.717) is 37.5 Å². The Balaban J connectivity index is 1.64. The maximum atomic E-state index is 12.5. The largest absolute Gasteiger partial charge is 0.507 e. The minimum Gasteiger partial charge on any atom is -0.507 e. The molecule has 2 heterocycles. The Morgan fingerprint density at radius 1 is 1.08 bits per heavy atom. The van der Waals surface area contributed by atoms with E-state index in [0.717, 1.165) is 0 Å². The number of aromatic hydroxyl groups is 1. The molecule has 7 nitrogen and oxygen atoms in total. The van der Waals surface area contributed by atoms with Gasteiger partial charge in [-0.3, -0.25) is 9.59 Å². The number of carbonyl (C=O) groups excluding carboxylic acids is 2. The van der Waals surface area contributed by atoms with Crippen molar-refractivity contribution in [3.63, 3.8) is 0 Å². The zero-order valence-corrected chi connectivity index (χ0v) is 13.3. The smallest absolute Gasteiger partial charge is 0.257 e. The predicted octanol–water partition coefficient (Wildman–Crippen LogP) is 1.59. The molecule has 0 unspecified atom stereocenters. The van der Waals surface area contributed by atoms with Crippen molar-refractivity contribution in [3.05, 3.63) is 47.9 Å². The molecule has 0 radical (unpaired) electrons. The normalized spacial score (nSPS) is 14.5. The van der Waals surface area contributed by atoms with Crippen molar-refractivity contribution in [1.29, 1.82) is 0 Å². The number of hydrogen-bond donors (Lipinski definition) is 1. The lowest BCUT2D eigenvalue weighted by atomic mass is 10.1. The van der Waals surface area contributed by atoms with Gasteiger partial charge in [0.25, 0.3) is 11.8 Å². The van der Waals surface area contributed by atoms with Crippen LogP contribution in [0.4, 0.5) is 0 Å². The van der Waals surface area contributed by atoms with Crippen molar-refractivity contribution in [2.24, 2.45) is 0 Å². The number of ether oxygens (including phenoxy) is 1. The molecule has 24 heavy (non-hydrogen) atoms. The highest BCUT2D eigenvalue weighted by Gasteiger charge is 2.27. The summed E-state index contributed by atoms with van der Waals surface area (Å²) in [7, 11) is 1.49. The van der Waals surface area contributed by atoms with E-state index >= 15 is 0 Å². The fourth-order valence-electron chi connectivity index (χ4n) is 2.67. The summed E-state index contributed by atoms with van der Waals surface area (Å²) in [6, 6.07) is 6.20. The number of phenols is 1. The van der Waals surface area contributed by atoms with Gasteiger partial charge in [-0.2, -0.15) is 0 Å². The maximum Gasteiger partial charge on any atom is 0.257 e. The van der Waals surface area contributed by atoms with Crippen molar-refractivity contribution < 1.29 is 23.8 Å². The fourth-order valence-corrected chi connectivity index (χ4v) is 2.67. The summed E-state index contributed by atoms with van der Waals surface area (Å²) < 4.78 is 9.94. The van der Waals surface area contributed by atoms with E-state index in [9.17, 15) is 14.7 Å². The second kappa shape index (κ2) is 6.66. The Morgan fingerprint density at radius 3 is 2.29 bits per heavy atom. The summed E-state index contributed by atoms with van der Waals surface area (Å²) in [5.74, 6) is 0.00420. The van der Waals surface area contributed by atoms with E-state index in [1.807, 2.05) is 0 Å². The first-order valence-corrected chi connectivity index (χ1v) is 7.58. The third kappa shape index (κ3) is 3.05. The minimum atomic E-state index is -0.259. The minimum absolute atomic E-state index is 0.108. The molecule has 0 aliphatic carbocycles. The van der Waals surface area contributed by atoms with E-state index in [2.05, 4.69) is 0 Å². The lowest BCUT2D eigenvalue weighted by molar-refractivity contribution is 0.0533. The molecule has 1 aromatic heterocycles. The summed E-state index contributed by atoms with van der Waals surface area (Å²) in [6.45, 7) is 1.70. The number of furan rings is 1.